The van der Waals surface area contributed by atoms with Crippen molar-refractivity contribution in [2.75, 3.05) is 0 Å². The van der Waals surface area contributed by atoms with Crippen LogP contribution in [0.4, 0.5) is 0 Å². The summed E-state index contributed by atoms with van der Waals surface area (Å²) in [5.74, 6) is -0.640. The lowest BCUT2D eigenvalue weighted by molar-refractivity contribution is 0.0998. The molecule has 0 saturated carbocycles. The maximum absolute atomic E-state index is 11.8. The molecular weight excluding hydrogens is 294 g/mol. The van der Waals surface area contributed by atoms with Crippen LogP contribution in [-0.4, -0.2) is 19.5 Å². The Labute approximate surface area is 111 Å². The molecule has 0 bridgehead atoms. The smallest absolute Gasteiger partial charge is 0.253 e. The number of rotatable bonds is 1. The van der Waals surface area contributed by atoms with Crippen molar-refractivity contribution in [3.8, 4) is 0 Å². The van der Waals surface area contributed by atoms with Gasteiger partial charge in [-0.2, -0.15) is 0 Å². The maximum Gasteiger partial charge on any atom is 0.253 e. The highest BCUT2D eigenvalue weighted by atomic mass is 35.6. The molecule has 2 aromatic rings. The number of H-pyrrole nitrogens is 1. The van der Waals surface area contributed by atoms with E-state index in [-0.39, 0.29) is 5.56 Å². The van der Waals surface area contributed by atoms with E-state index in [1.807, 2.05) is 0 Å². The minimum Gasteiger partial charge on any atom is -0.345 e. The second-order valence-corrected chi connectivity index (χ2v) is 5.73. The van der Waals surface area contributed by atoms with Gasteiger partial charge in [0.25, 0.3) is 3.79 Å². The summed E-state index contributed by atoms with van der Waals surface area (Å²) in [5.41, 5.74) is 0.693. The van der Waals surface area contributed by atoms with Crippen LogP contribution in [0.25, 0.3) is 11.0 Å². The van der Waals surface area contributed by atoms with Crippen LogP contribution in [0, 0.1) is 0 Å². The number of hydrogen-bond donors (Lipinski definition) is 1. The Kier molecular flexibility index (Phi) is 3.05. The zero-order valence-corrected chi connectivity index (χ0v) is 10.6. The van der Waals surface area contributed by atoms with Crippen molar-refractivity contribution in [3.63, 3.8) is 0 Å². The number of Topliss-reactive ketones (excluding diaryl/α,β-unsaturated/α-hetero) is 1. The summed E-state index contributed by atoms with van der Waals surface area (Å²) < 4.78 is -2.01. The Morgan fingerprint density at radius 1 is 1.38 bits per heavy atom. The number of aromatic amines is 1. The predicted octanol–water partition coefficient (Wildman–Crippen LogP) is 3.77. The van der Waals surface area contributed by atoms with Gasteiger partial charge in [0.1, 0.15) is 5.65 Å². The molecule has 0 spiro atoms. The van der Waals surface area contributed by atoms with Gasteiger partial charge in [-0.1, -0.05) is 46.4 Å². The SMILES string of the molecule is O=C(c1c[nH]c2nccc(Cl)c12)C(Cl)(Cl)Cl. The molecule has 1 N–H and O–H groups in total. The maximum atomic E-state index is 11.8. The third-order valence-electron chi connectivity index (χ3n) is 2.02. The van der Waals surface area contributed by atoms with Crippen LogP contribution in [0.15, 0.2) is 18.5 Å². The van der Waals surface area contributed by atoms with Crippen molar-refractivity contribution in [1.82, 2.24) is 9.97 Å². The lowest BCUT2D eigenvalue weighted by atomic mass is 10.1. The monoisotopic (exact) mass is 296 g/mol. The Balaban J connectivity index is 2.67. The fourth-order valence-corrected chi connectivity index (χ4v) is 1.90. The zero-order valence-electron chi connectivity index (χ0n) is 7.60. The van der Waals surface area contributed by atoms with E-state index in [2.05, 4.69) is 9.97 Å². The molecule has 2 aromatic heterocycles. The van der Waals surface area contributed by atoms with Gasteiger partial charge in [0, 0.05) is 17.8 Å². The number of fused-ring (bicyclic) bond motifs is 1. The first kappa shape index (κ1) is 12.0. The average molecular weight is 298 g/mol. The third-order valence-corrected chi connectivity index (χ3v) is 2.85. The van der Waals surface area contributed by atoms with Crippen molar-refractivity contribution in [2.24, 2.45) is 0 Å². The van der Waals surface area contributed by atoms with Gasteiger partial charge in [0.05, 0.1) is 10.6 Å². The fraction of sp³-hybridized carbons (Fsp3) is 0.111. The van der Waals surface area contributed by atoms with Gasteiger partial charge in [-0.15, -0.1) is 0 Å². The van der Waals surface area contributed by atoms with E-state index in [1.165, 1.54) is 12.4 Å². The number of halogens is 4. The molecule has 3 nitrogen and oxygen atoms in total. The number of hydrogen-bond acceptors (Lipinski definition) is 2. The van der Waals surface area contributed by atoms with Gasteiger partial charge in [0.2, 0.25) is 5.78 Å². The number of alkyl halides is 3. The molecule has 2 rings (SSSR count). The number of nitrogens with zero attached hydrogens (tertiary/aromatic N) is 1. The topological polar surface area (TPSA) is 45.8 Å². The molecule has 16 heavy (non-hydrogen) atoms. The summed E-state index contributed by atoms with van der Waals surface area (Å²) in [5, 5.41) is 0.837. The van der Waals surface area contributed by atoms with E-state index < -0.39 is 9.58 Å². The number of aromatic nitrogens is 2. The molecule has 0 aliphatic heterocycles. The molecule has 0 aliphatic rings. The molecule has 84 valence electrons. The molecule has 2 heterocycles. The van der Waals surface area contributed by atoms with Crippen LogP contribution in [0.5, 0.6) is 0 Å². The molecule has 0 radical (unpaired) electrons. The average Bonchev–Trinajstić information content (AvgIpc) is 2.60. The summed E-state index contributed by atoms with van der Waals surface area (Å²) in [6, 6.07) is 1.56. The largest absolute Gasteiger partial charge is 0.345 e. The lowest BCUT2D eigenvalue weighted by Gasteiger charge is -2.08. The molecule has 0 aromatic carbocycles. The molecule has 0 unspecified atom stereocenters. The van der Waals surface area contributed by atoms with Gasteiger partial charge < -0.3 is 4.98 Å². The Morgan fingerprint density at radius 3 is 2.69 bits per heavy atom. The van der Waals surface area contributed by atoms with E-state index in [0.29, 0.717) is 16.1 Å². The van der Waals surface area contributed by atoms with Crippen molar-refractivity contribution in [2.45, 2.75) is 3.79 Å². The Hall–Kier alpha value is -0.480. The predicted molar refractivity (Wildman–Crippen MR) is 65.7 cm³/mol. The molecule has 0 atom stereocenters. The summed E-state index contributed by atoms with van der Waals surface area (Å²) in [6.07, 6.45) is 2.94. The molecule has 0 saturated heterocycles. The summed E-state index contributed by atoms with van der Waals surface area (Å²) in [6.45, 7) is 0. The van der Waals surface area contributed by atoms with Crippen LogP contribution in [0.1, 0.15) is 10.4 Å². The van der Waals surface area contributed by atoms with E-state index >= 15 is 0 Å². The molecule has 0 fully saturated rings. The first-order chi connectivity index (χ1) is 7.41. The highest BCUT2D eigenvalue weighted by Crippen LogP contribution is 2.34. The standard InChI is InChI=1S/C9H4Cl4N2O/c10-5-1-2-14-8-6(5)4(3-15-8)7(16)9(11,12)13/h1-3H,(H,14,15). The van der Waals surface area contributed by atoms with Gasteiger partial charge >= 0.3 is 0 Å². The Bertz CT molecular complexity index is 558. The van der Waals surface area contributed by atoms with Gasteiger partial charge in [-0.05, 0) is 6.07 Å². The van der Waals surface area contributed by atoms with Crippen LogP contribution in [0.3, 0.4) is 0 Å². The van der Waals surface area contributed by atoms with Crippen LogP contribution >= 0.6 is 46.4 Å². The van der Waals surface area contributed by atoms with Crippen LogP contribution in [-0.2, 0) is 0 Å². The van der Waals surface area contributed by atoms with E-state index in [0.717, 1.165) is 0 Å². The van der Waals surface area contributed by atoms with Gasteiger partial charge in [-0.3, -0.25) is 4.79 Å². The summed E-state index contributed by atoms with van der Waals surface area (Å²) in [4.78, 5) is 18.6. The Morgan fingerprint density at radius 2 is 2.06 bits per heavy atom. The quantitative estimate of drug-likeness (QED) is 0.643. The second-order valence-electron chi connectivity index (χ2n) is 3.05. The normalized spacial score (nSPS) is 12.0. The molecular formula is C9H4Cl4N2O. The second kappa shape index (κ2) is 4.08. The number of carbonyl (C=O) groups is 1. The summed E-state index contributed by atoms with van der Waals surface area (Å²) >= 11 is 22.6. The molecule has 0 amide bonds. The van der Waals surface area contributed by atoms with Crippen molar-refractivity contribution in [3.05, 3.63) is 29.0 Å². The van der Waals surface area contributed by atoms with Crippen LogP contribution < -0.4 is 0 Å². The number of carbonyl (C=O) groups excluding carboxylic acids is 1. The first-order valence-electron chi connectivity index (χ1n) is 4.14. The number of ketones is 1. The zero-order chi connectivity index (χ0) is 11.9. The van der Waals surface area contributed by atoms with Gasteiger partial charge in [-0.25, -0.2) is 4.98 Å². The first-order valence-corrected chi connectivity index (χ1v) is 5.65. The highest BCUT2D eigenvalue weighted by molar-refractivity contribution is 6.77. The van der Waals surface area contributed by atoms with E-state index in [9.17, 15) is 4.79 Å². The highest BCUT2D eigenvalue weighted by Gasteiger charge is 2.33. The van der Waals surface area contributed by atoms with Crippen molar-refractivity contribution in [1.29, 1.82) is 0 Å². The lowest BCUT2D eigenvalue weighted by Crippen LogP contribution is -2.18. The van der Waals surface area contributed by atoms with Crippen molar-refractivity contribution >= 4 is 63.2 Å². The van der Waals surface area contributed by atoms with Crippen molar-refractivity contribution < 1.29 is 4.79 Å². The molecule has 7 heteroatoms. The number of pyridine rings is 1. The van der Waals surface area contributed by atoms with Crippen LogP contribution in [0.2, 0.25) is 5.02 Å². The number of nitrogens with one attached hydrogen (secondary N) is 1. The van der Waals surface area contributed by atoms with E-state index in [1.54, 1.807) is 6.07 Å². The minimum absolute atomic E-state index is 0.216. The summed E-state index contributed by atoms with van der Waals surface area (Å²) in [7, 11) is 0. The third kappa shape index (κ3) is 2.00. The van der Waals surface area contributed by atoms with E-state index in [4.69, 9.17) is 46.4 Å². The fourth-order valence-electron chi connectivity index (χ4n) is 1.35. The minimum atomic E-state index is -2.01. The molecule has 0 aliphatic carbocycles. The van der Waals surface area contributed by atoms with Gasteiger partial charge in [0.15, 0.2) is 0 Å².